The number of likely N-dealkylation sites (tertiary alicyclic amines) is 1. The summed E-state index contributed by atoms with van der Waals surface area (Å²) in [4.78, 5) is 14.2. The maximum atomic E-state index is 12.2. The molecule has 0 aromatic rings. The van der Waals surface area contributed by atoms with E-state index < -0.39 is 0 Å². The Labute approximate surface area is 104 Å². The normalized spacial score (nSPS) is 30.3. The van der Waals surface area contributed by atoms with Crippen molar-refractivity contribution in [1.82, 2.24) is 10.2 Å². The lowest BCUT2D eigenvalue weighted by molar-refractivity contribution is -0.134. The predicted molar refractivity (Wildman–Crippen MR) is 66.8 cm³/mol. The largest absolute Gasteiger partial charge is 0.378 e. The van der Waals surface area contributed by atoms with Gasteiger partial charge in [0.2, 0.25) is 5.91 Å². The SMILES string of the molecule is CCC1CCCN(C(=O)CC2COCCN2)C1. The van der Waals surface area contributed by atoms with Gasteiger partial charge in [-0.3, -0.25) is 4.79 Å². The van der Waals surface area contributed by atoms with Crippen LogP contribution in [0.5, 0.6) is 0 Å². The number of morpholine rings is 1. The van der Waals surface area contributed by atoms with Crippen molar-refractivity contribution in [3.63, 3.8) is 0 Å². The van der Waals surface area contributed by atoms with E-state index in [0.717, 1.165) is 26.2 Å². The molecule has 0 aromatic heterocycles. The Balaban J connectivity index is 1.78. The summed E-state index contributed by atoms with van der Waals surface area (Å²) in [5.41, 5.74) is 0. The minimum Gasteiger partial charge on any atom is -0.378 e. The first kappa shape index (κ1) is 12.8. The molecule has 0 radical (unpaired) electrons. The third-order valence-corrected chi connectivity index (χ3v) is 3.87. The first-order valence-corrected chi connectivity index (χ1v) is 6.88. The molecule has 4 heteroatoms. The van der Waals surface area contributed by atoms with Gasteiger partial charge in [-0.2, -0.15) is 0 Å². The molecule has 0 aromatic carbocycles. The zero-order chi connectivity index (χ0) is 12.1. The summed E-state index contributed by atoms with van der Waals surface area (Å²) in [7, 11) is 0. The standard InChI is InChI=1S/C13H24N2O2/c1-2-11-4-3-6-15(9-11)13(16)8-12-10-17-7-5-14-12/h11-12,14H,2-10H2,1H3. The van der Waals surface area contributed by atoms with Crippen LogP contribution < -0.4 is 5.32 Å². The fraction of sp³-hybridized carbons (Fsp3) is 0.923. The number of rotatable bonds is 3. The number of hydrogen-bond donors (Lipinski definition) is 1. The van der Waals surface area contributed by atoms with Gasteiger partial charge >= 0.3 is 0 Å². The van der Waals surface area contributed by atoms with Crippen LogP contribution in [0.4, 0.5) is 0 Å². The van der Waals surface area contributed by atoms with Gasteiger partial charge in [0.1, 0.15) is 0 Å². The summed E-state index contributed by atoms with van der Waals surface area (Å²) >= 11 is 0. The van der Waals surface area contributed by atoms with Crippen molar-refractivity contribution in [3.8, 4) is 0 Å². The maximum absolute atomic E-state index is 12.2. The fourth-order valence-corrected chi connectivity index (χ4v) is 2.72. The summed E-state index contributed by atoms with van der Waals surface area (Å²) in [6.07, 6.45) is 4.23. The number of piperidine rings is 1. The van der Waals surface area contributed by atoms with Crippen molar-refractivity contribution in [2.24, 2.45) is 5.92 Å². The lowest BCUT2D eigenvalue weighted by Crippen LogP contribution is -2.47. The highest BCUT2D eigenvalue weighted by Gasteiger charge is 2.25. The molecular formula is C13H24N2O2. The molecule has 2 rings (SSSR count). The number of carbonyl (C=O) groups excluding carboxylic acids is 1. The van der Waals surface area contributed by atoms with E-state index in [1.807, 2.05) is 4.90 Å². The van der Waals surface area contributed by atoms with E-state index in [1.54, 1.807) is 0 Å². The molecule has 98 valence electrons. The second-order valence-electron chi connectivity index (χ2n) is 5.19. The summed E-state index contributed by atoms with van der Waals surface area (Å²) in [6.45, 7) is 6.44. The number of carbonyl (C=O) groups is 1. The van der Waals surface area contributed by atoms with Crippen LogP contribution in [0.15, 0.2) is 0 Å². The van der Waals surface area contributed by atoms with Gasteiger partial charge < -0.3 is 15.0 Å². The molecule has 0 aliphatic carbocycles. The summed E-state index contributed by atoms with van der Waals surface area (Å²) in [5, 5.41) is 3.34. The van der Waals surface area contributed by atoms with Crippen LogP contribution in [0.3, 0.4) is 0 Å². The quantitative estimate of drug-likeness (QED) is 0.800. The number of nitrogens with one attached hydrogen (secondary N) is 1. The van der Waals surface area contributed by atoms with Crippen LogP contribution >= 0.6 is 0 Å². The Morgan fingerprint density at radius 3 is 3.12 bits per heavy atom. The molecule has 1 N–H and O–H groups in total. The third kappa shape index (κ3) is 3.68. The third-order valence-electron chi connectivity index (χ3n) is 3.87. The molecular weight excluding hydrogens is 216 g/mol. The maximum Gasteiger partial charge on any atom is 0.224 e. The van der Waals surface area contributed by atoms with Gasteiger partial charge in [-0.05, 0) is 18.8 Å². The van der Waals surface area contributed by atoms with Crippen LogP contribution in [0.25, 0.3) is 0 Å². The second kappa shape index (κ2) is 6.36. The zero-order valence-electron chi connectivity index (χ0n) is 10.8. The molecule has 4 nitrogen and oxygen atoms in total. The fourth-order valence-electron chi connectivity index (χ4n) is 2.72. The van der Waals surface area contributed by atoms with Crippen molar-refractivity contribution in [1.29, 1.82) is 0 Å². The highest BCUT2D eigenvalue weighted by Crippen LogP contribution is 2.20. The Hall–Kier alpha value is -0.610. The van der Waals surface area contributed by atoms with Gasteiger partial charge in [0, 0.05) is 32.1 Å². The minimum absolute atomic E-state index is 0.221. The molecule has 0 bridgehead atoms. The molecule has 2 fully saturated rings. The van der Waals surface area contributed by atoms with Gasteiger partial charge in [-0.15, -0.1) is 0 Å². The molecule has 2 saturated heterocycles. The van der Waals surface area contributed by atoms with Gasteiger partial charge in [-0.25, -0.2) is 0 Å². The smallest absolute Gasteiger partial charge is 0.224 e. The Bertz CT molecular complexity index is 252. The first-order chi connectivity index (χ1) is 8.29. The first-order valence-electron chi connectivity index (χ1n) is 6.88. The molecule has 17 heavy (non-hydrogen) atoms. The van der Waals surface area contributed by atoms with Gasteiger partial charge in [0.05, 0.1) is 13.2 Å². The number of amides is 1. The van der Waals surface area contributed by atoms with Crippen molar-refractivity contribution in [2.45, 2.75) is 38.6 Å². The van der Waals surface area contributed by atoms with E-state index in [0.29, 0.717) is 24.9 Å². The lowest BCUT2D eigenvalue weighted by atomic mass is 9.95. The van der Waals surface area contributed by atoms with E-state index in [4.69, 9.17) is 4.74 Å². The Kier molecular flexibility index (Phi) is 4.80. The average Bonchev–Trinajstić information content (AvgIpc) is 2.40. The van der Waals surface area contributed by atoms with Gasteiger partial charge in [-0.1, -0.05) is 13.3 Å². The van der Waals surface area contributed by atoms with Crippen molar-refractivity contribution >= 4 is 5.91 Å². The molecule has 2 heterocycles. The molecule has 2 atom stereocenters. The number of nitrogens with zero attached hydrogens (tertiary/aromatic N) is 1. The molecule has 1 amide bonds. The second-order valence-corrected chi connectivity index (χ2v) is 5.19. The summed E-state index contributed by atoms with van der Waals surface area (Å²) < 4.78 is 5.38. The van der Waals surface area contributed by atoms with Crippen LogP contribution in [0.2, 0.25) is 0 Å². The van der Waals surface area contributed by atoms with Crippen LogP contribution in [-0.2, 0) is 9.53 Å². The van der Waals surface area contributed by atoms with E-state index in [1.165, 1.54) is 19.3 Å². The minimum atomic E-state index is 0.221. The van der Waals surface area contributed by atoms with Gasteiger partial charge in [0.25, 0.3) is 0 Å². The van der Waals surface area contributed by atoms with Crippen LogP contribution in [-0.4, -0.2) is 49.7 Å². The molecule has 0 saturated carbocycles. The van der Waals surface area contributed by atoms with E-state index in [9.17, 15) is 4.79 Å². The molecule has 2 unspecified atom stereocenters. The topological polar surface area (TPSA) is 41.6 Å². The zero-order valence-corrected chi connectivity index (χ0v) is 10.8. The van der Waals surface area contributed by atoms with Gasteiger partial charge in [0.15, 0.2) is 0 Å². The highest BCUT2D eigenvalue weighted by molar-refractivity contribution is 5.77. The number of hydrogen-bond acceptors (Lipinski definition) is 3. The van der Waals surface area contributed by atoms with E-state index in [2.05, 4.69) is 12.2 Å². The van der Waals surface area contributed by atoms with Crippen LogP contribution in [0.1, 0.15) is 32.6 Å². The Morgan fingerprint density at radius 2 is 2.41 bits per heavy atom. The summed E-state index contributed by atoms with van der Waals surface area (Å²) in [6, 6.07) is 0.221. The summed E-state index contributed by atoms with van der Waals surface area (Å²) in [5.74, 6) is 1.01. The van der Waals surface area contributed by atoms with E-state index >= 15 is 0 Å². The van der Waals surface area contributed by atoms with Crippen LogP contribution in [0, 0.1) is 5.92 Å². The Morgan fingerprint density at radius 1 is 1.53 bits per heavy atom. The van der Waals surface area contributed by atoms with E-state index in [-0.39, 0.29) is 6.04 Å². The highest BCUT2D eigenvalue weighted by atomic mass is 16.5. The monoisotopic (exact) mass is 240 g/mol. The molecule has 2 aliphatic heterocycles. The lowest BCUT2D eigenvalue weighted by Gasteiger charge is -2.34. The predicted octanol–water partition coefficient (Wildman–Crippen LogP) is 1.01. The van der Waals surface area contributed by atoms with Crippen molar-refractivity contribution in [2.75, 3.05) is 32.8 Å². The molecule has 2 aliphatic rings. The number of ether oxygens (including phenoxy) is 1. The molecule has 0 spiro atoms. The van der Waals surface area contributed by atoms with Crippen molar-refractivity contribution in [3.05, 3.63) is 0 Å². The average molecular weight is 240 g/mol. The van der Waals surface area contributed by atoms with Crippen molar-refractivity contribution < 1.29 is 9.53 Å².